The van der Waals surface area contributed by atoms with Crippen molar-refractivity contribution in [1.82, 2.24) is 25.3 Å². The van der Waals surface area contributed by atoms with Crippen molar-refractivity contribution < 1.29 is 4.79 Å². The summed E-state index contributed by atoms with van der Waals surface area (Å²) in [5.41, 5.74) is 6.62. The first-order valence-corrected chi connectivity index (χ1v) is 5.97. The van der Waals surface area contributed by atoms with E-state index in [2.05, 4.69) is 36.5 Å². The first-order valence-electron chi connectivity index (χ1n) is 5.18. The highest BCUT2D eigenvalue weighted by molar-refractivity contribution is 9.10. The molecule has 94 valence electrons. The number of halogens is 1. The molecule has 1 amide bonds. The average Bonchev–Trinajstić information content (AvgIpc) is 2.84. The van der Waals surface area contributed by atoms with Crippen LogP contribution in [0.1, 0.15) is 5.69 Å². The minimum absolute atomic E-state index is 0.0380. The molecule has 0 bridgehead atoms. The molecule has 0 saturated carbocycles. The predicted octanol–water partition coefficient (Wildman–Crippen LogP) is -0.000300. The molecule has 8 heteroatoms. The molecule has 0 aliphatic carbocycles. The number of aromatic nitrogens is 4. The molecule has 0 unspecified atom stereocenters. The van der Waals surface area contributed by atoms with Crippen LogP contribution < -0.4 is 11.1 Å². The van der Waals surface area contributed by atoms with E-state index in [1.807, 2.05) is 6.07 Å². The highest BCUT2D eigenvalue weighted by atomic mass is 79.9. The van der Waals surface area contributed by atoms with Gasteiger partial charge >= 0.3 is 0 Å². The van der Waals surface area contributed by atoms with Crippen LogP contribution in [0.15, 0.2) is 29.1 Å². The number of nitrogens with zero attached hydrogens (tertiary/aromatic N) is 4. The number of carbonyl (C=O) groups excluding carboxylic acids is 1. The van der Waals surface area contributed by atoms with Crippen molar-refractivity contribution in [3.05, 3.63) is 34.8 Å². The number of amides is 1. The SMILES string of the molecule is NCC(=O)NCc1cn(-c2cncc(Br)c2)nn1. The van der Waals surface area contributed by atoms with Gasteiger partial charge in [0.25, 0.3) is 0 Å². The number of hydrogen-bond donors (Lipinski definition) is 2. The molecule has 0 atom stereocenters. The number of hydrogen-bond acceptors (Lipinski definition) is 5. The van der Waals surface area contributed by atoms with E-state index in [-0.39, 0.29) is 12.5 Å². The maximum absolute atomic E-state index is 11.0. The summed E-state index contributed by atoms with van der Waals surface area (Å²) >= 11 is 3.33. The highest BCUT2D eigenvalue weighted by Gasteiger charge is 2.05. The van der Waals surface area contributed by atoms with E-state index in [0.29, 0.717) is 12.2 Å². The van der Waals surface area contributed by atoms with Gasteiger partial charge in [0.05, 0.1) is 31.2 Å². The fraction of sp³-hybridized carbons (Fsp3) is 0.200. The van der Waals surface area contributed by atoms with Gasteiger partial charge in [0.2, 0.25) is 5.91 Å². The molecule has 0 fully saturated rings. The molecule has 2 aromatic heterocycles. The van der Waals surface area contributed by atoms with Crippen molar-refractivity contribution in [2.45, 2.75) is 6.54 Å². The summed E-state index contributed by atoms with van der Waals surface area (Å²) in [6, 6.07) is 1.87. The Labute approximate surface area is 112 Å². The van der Waals surface area contributed by atoms with Crippen LogP contribution in [0.5, 0.6) is 0 Å². The Bertz CT molecular complexity index is 555. The van der Waals surface area contributed by atoms with Crippen molar-refractivity contribution in [3.63, 3.8) is 0 Å². The molecule has 0 aliphatic heterocycles. The molecular formula is C10H11BrN6O. The van der Waals surface area contributed by atoms with Crippen LogP contribution in [0.4, 0.5) is 0 Å². The molecule has 0 radical (unpaired) electrons. The Morgan fingerprint density at radius 1 is 1.50 bits per heavy atom. The maximum atomic E-state index is 11.0. The van der Waals surface area contributed by atoms with Crippen LogP contribution in [0.25, 0.3) is 5.69 Å². The van der Waals surface area contributed by atoms with Crippen molar-refractivity contribution in [1.29, 1.82) is 0 Å². The van der Waals surface area contributed by atoms with Gasteiger partial charge in [-0.05, 0) is 22.0 Å². The topological polar surface area (TPSA) is 98.7 Å². The van der Waals surface area contributed by atoms with E-state index < -0.39 is 0 Å². The Kier molecular flexibility index (Phi) is 4.00. The molecular weight excluding hydrogens is 300 g/mol. The third kappa shape index (κ3) is 3.11. The van der Waals surface area contributed by atoms with E-state index in [0.717, 1.165) is 10.2 Å². The largest absolute Gasteiger partial charge is 0.349 e. The van der Waals surface area contributed by atoms with Gasteiger partial charge in [-0.2, -0.15) is 0 Å². The quantitative estimate of drug-likeness (QED) is 0.828. The van der Waals surface area contributed by atoms with Crippen molar-refractivity contribution in [3.8, 4) is 5.69 Å². The smallest absolute Gasteiger partial charge is 0.234 e. The molecule has 7 nitrogen and oxygen atoms in total. The summed E-state index contributed by atoms with van der Waals surface area (Å²) in [7, 11) is 0. The zero-order chi connectivity index (χ0) is 13.0. The van der Waals surface area contributed by atoms with Crippen LogP contribution in [0, 0.1) is 0 Å². The Balaban J connectivity index is 2.08. The second-order valence-corrected chi connectivity index (χ2v) is 4.41. The summed E-state index contributed by atoms with van der Waals surface area (Å²) in [6.07, 6.45) is 5.07. The van der Waals surface area contributed by atoms with E-state index in [1.165, 1.54) is 0 Å². The third-order valence-corrected chi connectivity index (χ3v) is 2.58. The van der Waals surface area contributed by atoms with Gasteiger partial charge in [0.15, 0.2) is 0 Å². The maximum Gasteiger partial charge on any atom is 0.234 e. The van der Waals surface area contributed by atoms with Gasteiger partial charge in [-0.15, -0.1) is 5.10 Å². The van der Waals surface area contributed by atoms with Crippen LogP contribution in [0.3, 0.4) is 0 Å². The van der Waals surface area contributed by atoms with Crippen LogP contribution in [-0.4, -0.2) is 32.4 Å². The lowest BCUT2D eigenvalue weighted by atomic mass is 10.4. The van der Waals surface area contributed by atoms with E-state index >= 15 is 0 Å². The molecule has 0 aromatic carbocycles. The fourth-order valence-corrected chi connectivity index (χ4v) is 1.65. The zero-order valence-corrected chi connectivity index (χ0v) is 11.0. The number of nitrogens with two attached hydrogens (primary N) is 1. The number of nitrogens with one attached hydrogen (secondary N) is 1. The number of carbonyl (C=O) groups is 1. The molecule has 2 aromatic rings. The predicted molar refractivity (Wildman–Crippen MR) is 67.8 cm³/mol. The standard InChI is InChI=1S/C10H11BrN6O/c11-7-1-9(5-13-3-7)17-6-8(15-16-17)4-14-10(18)2-12/h1,3,5-6H,2,4,12H2,(H,14,18). The molecule has 2 rings (SSSR count). The second-order valence-electron chi connectivity index (χ2n) is 3.50. The van der Waals surface area contributed by atoms with Crippen LogP contribution >= 0.6 is 15.9 Å². The highest BCUT2D eigenvalue weighted by Crippen LogP contribution is 2.12. The molecule has 0 spiro atoms. The lowest BCUT2D eigenvalue weighted by Crippen LogP contribution is -2.29. The third-order valence-electron chi connectivity index (χ3n) is 2.15. The number of pyridine rings is 1. The van der Waals surface area contributed by atoms with Crippen molar-refractivity contribution >= 4 is 21.8 Å². The van der Waals surface area contributed by atoms with E-state index in [1.54, 1.807) is 23.3 Å². The summed E-state index contributed by atoms with van der Waals surface area (Å²) in [5.74, 6) is -0.228. The van der Waals surface area contributed by atoms with Gasteiger partial charge in [0, 0.05) is 10.7 Å². The molecule has 18 heavy (non-hydrogen) atoms. The van der Waals surface area contributed by atoms with Gasteiger partial charge in [-0.1, -0.05) is 5.21 Å². The minimum Gasteiger partial charge on any atom is -0.349 e. The van der Waals surface area contributed by atoms with Crippen LogP contribution in [-0.2, 0) is 11.3 Å². The zero-order valence-electron chi connectivity index (χ0n) is 9.38. The number of rotatable bonds is 4. The summed E-state index contributed by atoms with van der Waals surface area (Å²) in [5, 5.41) is 10.5. The normalized spacial score (nSPS) is 10.3. The van der Waals surface area contributed by atoms with Gasteiger partial charge in [-0.25, -0.2) is 4.68 Å². The first kappa shape index (κ1) is 12.7. The van der Waals surface area contributed by atoms with Gasteiger partial charge in [-0.3, -0.25) is 9.78 Å². The Hall–Kier alpha value is -1.80. The monoisotopic (exact) mass is 310 g/mol. The first-order chi connectivity index (χ1) is 8.69. The Morgan fingerprint density at radius 2 is 2.33 bits per heavy atom. The summed E-state index contributed by atoms with van der Waals surface area (Å²) in [4.78, 5) is 15.0. The lowest BCUT2D eigenvalue weighted by Gasteiger charge is -1.99. The summed E-state index contributed by atoms with van der Waals surface area (Å²) in [6.45, 7) is 0.265. The molecule has 3 N–H and O–H groups in total. The molecule has 2 heterocycles. The van der Waals surface area contributed by atoms with Crippen molar-refractivity contribution in [2.75, 3.05) is 6.54 Å². The molecule has 0 saturated heterocycles. The Morgan fingerprint density at radius 3 is 3.06 bits per heavy atom. The van der Waals surface area contributed by atoms with Crippen LogP contribution in [0.2, 0.25) is 0 Å². The van der Waals surface area contributed by atoms with Crippen molar-refractivity contribution in [2.24, 2.45) is 5.73 Å². The van der Waals surface area contributed by atoms with E-state index in [4.69, 9.17) is 5.73 Å². The molecule has 0 aliphatic rings. The van der Waals surface area contributed by atoms with Gasteiger partial charge in [0.1, 0.15) is 5.69 Å². The van der Waals surface area contributed by atoms with E-state index in [9.17, 15) is 4.79 Å². The lowest BCUT2D eigenvalue weighted by molar-refractivity contribution is -0.119. The summed E-state index contributed by atoms with van der Waals surface area (Å²) < 4.78 is 2.44. The second kappa shape index (κ2) is 5.69. The minimum atomic E-state index is -0.228. The fourth-order valence-electron chi connectivity index (χ4n) is 1.29. The average molecular weight is 311 g/mol. The van der Waals surface area contributed by atoms with Gasteiger partial charge < -0.3 is 11.1 Å².